The first kappa shape index (κ1) is 21.8. The topological polar surface area (TPSA) is 9.23 Å². The van der Waals surface area contributed by atoms with E-state index >= 15 is 0 Å². The lowest BCUT2D eigenvalue weighted by Gasteiger charge is -2.04. The van der Waals surface area contributed by atoms with Crippen LogP contribution in [0.5, 0.6) is 5.75 Å². The second kappa shape index (κ2) is 16.2. The zero-order chi connectivity index (χ0) is 18.0. The molecule has 0 aromatic heterocycles. The predicted molar refractivity (Wildman–Crippen MR) is 112 cm³/mol. The lowest BCUT2D eigenvalue weighted by Crippen LogP contribution is -1.88. The van der Waals surface area contributed by atoms with Crippen LogP contribution in [0.3, 0.4) is 0 Å². The van der Waals surface area contributed by atoms with Crippen LogP contribution in [0.2, 0.25) is 0 Å². The van der Waals surface area contributed by atoms with E-state index in [1.807, 2.05) is 6.07 Å². The summed E-state index contributed by atoms with van der Waals surface area (Å²) < 4.78 is 5.28. The third kappa shape index (κ3) is 12.7. The quantitative estimate of drug-likeness (QED) is 0.219. The summed E-state index contributed by atoms with van der Waals surface area (Å²) in [7, 11) is 1.74. The van der Waals surface area contributed by atoms with Gasteiger partial charge in [0, 0.05) is 0 Å². The molecular weight excluding hydrogens is 304 g/mol. The van der Waals surface area contributed by atoms with E-state index in [9.17, 15) is 0 Å². The molecule has 0 aliphatic rings. The summed E-state index contributed by atoms with van der Waals surface area (Å²) >= 11 is 0. The zero-order valence-electron chi connectivity index (χ0n) is 16.8. The van der Waals surface area contributed by atoms with Gasteiger partial charge in [-0.15, -0.1) is 0 Å². The highest BCUT2D eigenvalue weighted by atomic mass is 16.5. The van der Waals surface area contributed by atoms with E-state index in [0.29, 0.717) is 0 Å². The van der Waals surface area contributed by atoms with Gasteiger partial charge in [-0.3, -0.25) is 0 Å². The molecule has 0 saturated carbocycles. The van der Waals surface area contributed by atoms with E-state index in [4.69, 9.17) is 4.74 Å². The molecule has 0 bridgehead atoms. The van der Waals surface area contributed by atoms with Crippen LogP contribution in [-0.4, -0.2) is 7.11 Å². The van der Waals surface area contributed by atoms with Crippen molar-refractivity contribution >= 4 is 0 Å². The maximum absolute atomic E-state index is 5.28. The monoisotopic (exact) mass is 344 g/mol. The van der Waals surface area contributed by atoms with Crippen LogP contribution in [0.4, 0.5) is 0 Å². The Labute approximate surface area is 156 Å². The lowest BCUT2D eigenvalue weighted by atomic mass is 10.0. The Balaban J connectivity index is 1.86. The van der Waals surface area contributed by atoms with Gasteiger partial charge in [0.2, 0.25) is 0 Å². The van der Waals surface area contributed by atoms with E-state index in [1.165, 1.54) is 95.5 Å². The second-order valence-electron chi connectivity index (χ2n) is 7.19. The van der Waals surface area contributed by atoms with Crippen molar-refractivity contribution in [3.8, 4) is 5.75 Å². The van der Waals surface area contributed by atoms with E-state index in [0.717, 1.165) is 5.75 Å². The Kier molecular flexibility index (Phi) is 14.2. The molecule has 0 aliphatic carbocycles. The molecule has 142 valence electrons. The average molecular weight is 345 g/mol. The van der Waals surface area contributed by atoms with Gasteiger partial charge in [-0.05, 0) is 56.2 Å². The summed E-state index contributed by atoms with van der Waals surface area (Å²) in [5.41, 5.74) is 1.40. The molecule has 1 aromatic rings. The van der Waals surface area contributed by atoms with Gasteiger partial charge in [0.15, 0.2) is 0 Å². The van der Waals surface area contributed by atoms with Crippen molar-refractivity contribution in [2.24, 2.45) is 0 Å². The fourth-order valence-corrected chi connectivity index (χ4v) is 3.23. The maximum atomic E-state index is 5.28. The summed E-state index contributed by atoms with van der Waals surface area (Å²) in [6, 6.07) is 8.47. The molecule has 1 nitrogen and oxygen atoms in total. The minimum absolute atomic E-state index is 0.977. The Hall–Kier alpha value is -1.24. The number of unbranched alkanes of at least 4 members (excludes halogenated alkanes) is 11. The normalized spacial score (nSPS) is 11.3. The number of allylic oxidation sites excluding steroid dienone is 2. The van der Waals surface area contributed by atoms with Crippen LogP contribution < -0.4 is 4.74 Å². The van der Waals surface area contributed by atoms with Crippen LogP contribution in [0.15, 0.2) is 36.4 Å². The van der Waals surface area contributed by atoms with Crippen LogP contribution in [0.25, 0.3) is 0 Å². The molecule has 0 spiro atoms. The molecule has 0 fully saturated rings. The molecule has 1 heteroatoms. The highest BCUT2D eigenvalue weighted by Gasteiger charge is 1.96. The molecule has 0 unspecified atom stereocenters. The van der Waals surface area contributed by atoms with Gasteiger partial charge in [-0.25, -0.2) is 0 Å². The fraction of sp³-hybridized carbons (Fsp3) is 0.667. The third-order valence-electron chi connectivity index (χ3n) is 4.86. The molecule has 1 rings (SSSR count). The third-order valence-corrected chi connectivity index (χ3v) is 4.86. The summed E-state index contributed by atoms with van der Waals surface area (Å²) in [4.78, 5) is 0. The SMILES string of the molecule is CCCCCCCCC=CCCCCCCCc1cccc(OC)c1. The number of ether oxygens (including phenoxy) is 1. The molecule has 0 radical (unpaired) electrons. The van der Waals surface area contributed by atoms with Crippen molar-refractivity contribution in [3.05, 3.63) is 42.0 Å². The Bertz CT molecular complexity index is 435. The first-order chi connectivity index (χ1) is 12.4. The number of rotatable bonds is 16. The Morgan fingerprint density at radius 3 is 2.00 bits per heavy atom. The zero-order valence-corrected chi connectivity index (χ0v) is 16.8. The fourth-order valence-electron chi connectivity index (χ4n) is 3.23. The van der Waals surface area contributed by atoms with Gasteiger partial charge < -0.3 is 4.74 Å². The minimum atomic E-state index is 0.977. The number of methoxy groups -OCH3 is 1. The average Bonchev–Trinajstić information content (AvgIpc) is 2.65. The minimum Gasteiger partial charge on any atom is -0.497 e. The van der Waals surface area contributed by atoms with Crippen molar-refractivity contribution in [3.63, 3.8) is 0 Å². The summed E-state index contributed by atoms with van der Waals surface area (Å²) in [6.45, 7) is 2.28. The van der Waals surface area contributed by atoms with Gasteiger partial charge in [0.25, 0.3) is 0 Å². The van der Waals surface area contributed by atoms with E-state index < -0.39 is 0 Å². The molecule has 1 aromatic carbocycles. The van der Waals surface area contributed by atoms with Crippen LogP contribution in [0.1, 0.15) is 96.0 Å². The Morgan fingerprint density at radius 1 is 0.760 bits per heavy atom. The molecule has 0 amide bonds. The summed E-state index contributed by atoms with van der Waals surface area (Å²) in [5.74, 6) is 0.977. The summed E-state index contributed by atoms with van der Waals surface area (Å²) in [6.07, 6.45) is 23.7. The largest absolute Gasteiger partial charge is 0.497 e. The van der Waals surface area contributed by atoms with Gasteiger partial charge in [-0.1, -0.05) is 82.6 Å². The van der Waals surface area contributed by atoms with Crippen LogP contribution in [0, 0.1) is 0 Å². The predicted octanol–water partition coefficient (Wildman–Crippen LogP) is 7.89. The number of benzene rings is 1. The molecule has 0 aliphatic heterocycles. The summed E-state index contributed by atoms with van der Waals surface area (Å²) in [5, 5.41) is 0. The highest BCUT2D eigenvalue weighted by molar-refractivity contribution is 5.28. The Morgan fingerprint density at radius 2 is 1.36 bits per heavy atom. The van der Waals surface area contributed by atoms with Gasteiger partial charge >= 0.3 is 0 Å². The molecule has 0 N–H and O–H groups in total. The highest BCUT2D eigenvalue weighted by Crippen LogP contribution is 2.16. The van der Waals surface area contributed by atoms with Crippen LogP contribution in [-0.2, 0) is 6.42 Å². The first-order valence-corrected chi connectivity index (χ1v) is 10.6. The van der Waals surface area contributed by atoms with Gasteiger partial charge in [0.05, 0.1) is 7.11 Å². The molecule has 0 atom stereocenters. The maximum Gasteiger partial charge on any atom is 0.119 e. The molecule has 0 saturated heterocycles. The second-order valence-corrected chi connectivity index (χ2v) is 7.19. The van der Waals surface area contributed by atoms with Gasteiger partial charge in [0.1, 0.15) is 5.75 Å². The van der Waals surface area contributed by atoms with Crippen molar-refractivity contribution in [1.82, 2.24) is 0 Å². The standard InChI is InChI=1S/C24H40O/c1-3-4-5-6-7-8-9-10-11-12-13-14-15-16-17-19-23-20-18-21-24(22-23)25-2/h10-11,18,20-22H,3-9,12-17,19H2,1-2H3. The smallest absolute Gasteiger partial charge is 0.119 e. The van der Waals surface area contributed by atoms with Crippen molar-refractivity contribution in [1.29, 1.82) is 0 Å². The van der Waals surface area contributed by atoms with Crippen molar-refractivity contribution in [2.45, 2.75) is 96.8 Å². The molecule has 0 heterocycles. The molecular formula is C24H40O. The van der Waals surface area contributed by atoms with E-state index in [2.05, 4.69) is 37.3 Å². The number of hydrogen-bond donors (Lipinski definition) is 0. The van der Waals surface area contributed by atoms with Crippen LogP contribution >= 0.6 is 0 Å². The van der Waals surface area contributed by atoms with E-state index in [1.54, 1.807) is 7.11 Å². The number of hydrogen-bond acceptors (Lipinski definition) is 1. The number of aryl methyl sites for hydroxylation is 1. The van der Waals surface area contributed by atoms with E-state index in [-0.39, 0.29) is 0 Å². The van der Waals surface area contributed by atoms with Crippen molar-refractivity contribution < 1.29 is 4.74 Å². The first-order valence-electron chi connectivity index (χ1n) is 10.6. The van der Waals surface area contributed by atoms with Crippen molar-refractivity contribution in [2.75, 3.05) is 7.11 Å². The lowest BCUT2D eigenvalue weighted by molar-refractivity contribution is 0.414. The molecule has 25 heavy (non-hydrogen) atoms. The van der Waals surface area contributed by atoms with Gasteiger partial charge in [-0.2, -0.15) is 0 Å².